The number of allylic oxidation sites excluding steroid dienone is 1. The van der Waals surface area contributed by atoms with E-state index in [9.17, 15) is 24.0 Å². The first kappa shape index (κ1) is 62.7. The van der Waals surface area contributed by atoms with E-state index < -0.39 is 17.5 Å². The van der Waals surface area contributed by atoms with Crippen LogP contribution in [0.1, 0.15) is 161 Å². The number of nitrogens with one attached hydrogen (secondary N) is 6. The van der Waals surface area contributed by atoms with E-state index in [0.717, 1.165) is 111 Å². The number of ether oxygens (including phenoxy) is 4. The number of benzene rings is 3. The summed E-state index contributed by atoms with van der Waals surface area (Å²) in [5.74, 6) is 0.415. The van der Waals surface area contributed by atoms with Crippen molar-refractivity contribution in [1.82, 2.24) is 31.2 Å². The minimum Gasteiger partial charge on any atom is -0.494 e. The van der Waals surface area contributed by atoms with E-state index >= 15 is 0 Å². The summed E-state index contributed by atoms with van der Waals surface area (Å²) in [6.45, 7) is 19.3. The maximum absolute atomic E-state index is 13.7. The second-order valence-corrected chi connectivity index (χ2v) is 21.9. The molecular weight excluding hydrogens is 1040 g/mol. The lowest BCUT2D eigenvalue weighted by Gasteiger charge is -2.41. The number of unbranched alkanes of at least 4 members (excludes halogenated alkanes) is 5. The second-order valence-electron chi connectivity index (χ2n) is 21.9. The number of pyridine rings is 1. The van der Waals surface area contributed by atoms with Crippen molar-refractivity contribution in [3.63, 3.8) is 0 Å². The SMILES string of the molecule is C=C(N/C(=C\[C@H](CC)C(C)CC)c1ccncc1)C1(Nc2cccc(C(=O)N[C@H](C)c3ccc(OCCCCCCOCCOCCOCCCCCC(=O)Nc4cccc5c4CN(C4CCC(=O)NC4=O)C5=O)cc3)c2)CCNCC1. The summed E-state index contributed by atoms with van der Waals surface area (Å²) >= 11 is 0. The van der Waals surface area contributed by atoms with Gasteiger partial charge in [-0.15, -0.1) is 0 Å². The third kappa shape index (κ3) is 18.5. The van der Waals surface area contributed by atoms with Gasteiger partial charge in [0.15, 0.2) is 0 Å². The molecule has 17 heteroatoms. The highest BCUT2D eigenvalue weighted by molar-refractivity contribution is 6.07. The highest BCUT2D eigenvalue weighted by Gasteiger charge is 2.40. The van der Waals surface area contributed by atoms with Gasteiger partial charge in [-0.2, -0.15) is 0 Å². The molecular formula is C65H88N8O9. The highest BCUT2D eigenvalue weighted by atomic mass is 16.5. The summed E-state index contributed by atoms with van der Waals surface area (Å²) in [5.41, 5.74) is 6.74. The lowest BCUT2D eigenvalue weighted by Crippen LogP contribution is -2.52. The molecule has 4 atom stereocenters. The Morgan fingerprint density at radius 3 is 2.15 bits per heavy atom. The number of imide groups is 1. The number of piperidine rings is 2. The lowest BCUT2D eigenvalue weighted by molar-refractivity contribution is -0.137. The number of rotatable bonds is 35. The zero-order valence-electron chi connectivity index (χ0n) is 48.8. The average Bonchev–Trinajstić information content (AvgIpc) is 3.93. The molecule has 0 aliphatic carbocycles. The van der Waals surface area contributed by atoms with Gasteiger partial charge in [-0.25, -0.2) is 0 Å². The number of anilines is 2. The zero-order valence-corrected chi connectivity index (χ0v) is 48.8. The average molecular weight is 1130 g/mol. The van der Waals surface area contributed by atoms with Crippen LogP contribution in [-0.2, 0) is 35.1 Å². The van der Waals surface area contributed by atoms with Gasteiger partial charge < -0.3 is 50.4 Å². The quantitative estimate of drug-likeness (QED) is 0.0187. The summed E-state index contributed by atoms with van der Waals surface area (Å²) in [5, 5.41) is 19.6. The Balaban J connectivity index is 0.698. The van der Waals surface area contributed by atoms with Gasteiger partial charge in [-0.05, 0) is 150 Å². The molecule has 5 amide bonds. The smallest absolute Gasteiger partial charge is 0.255 e. The van der Waals surface area contributed by atoms with Crippen LogP contribution in [0.5, 0.6) is 5.75 Å². The van der Waals surface area contributed by atoms with Crippen molar-refractivity contribution in [2.24, 2.45) is 11.8 Å². The normalized spacial score (nSPS) is 17.1. The van der Waals surface area contributed by atoms with Gasteiger partial charge in [0.1, 0.15) is 11.8 Å². The Hall–Kier alpha value is -6.92. The van der Waals surface area contributed by atoms with Gasteiger partial charge in [0.05, 0.1) is 44.6 Å². The molecule has 7 rings (SSSR count). The van der Waals surface area contributed by atoms with Gasteiger partial charge in [-0.1, -0.05) is 77.0 Å². The number of amides is 5. The van der Waals surface area contributed by atoms with Crippen LogP contribution < -0.4 is 36.6 Å². The molecule has 17 nitrogen and oxygen atoms in total. The molecule has 2 saturated heterocycles. The topological polar surface area (TPSA) is 211 Å². The number of nitrogens with zero attached hydrogens (tertiary/aromatic N) is 2. The van der Waals surface area contributed by atoms with E-state index in [1.807, 2.05) is 80.0 Å². The first-order chi connectivity index (χ1) is 39.9. The molecule has 6 N–H and O–H groups in total. The molecule has 3 aliphatic rings. The predicted molar refractivity (Wildman–Crippen MR) is 321 cm³/mol. The lowest BCUT2D eigenvalue weighted by atomic mass is 9.84. The van der Waals surface area contributed by atoms with Crippen LogP contribution in [0.3, 0.4) is 0 Å². The Morgan fingerprint density at radius 1 is 0.793 bits per heavy atom. The molecule has 0 bridgehead atoms. The summed E-state index contributed by atoms with van der Waals surface area (Å²) in [4.78, 5) is 69.3. The fourth-order valence-corrected chi connectivity index (χ4v) is 10.8. The van der Waals surface area contributed by atoms with Crippen LogP contribution in [-0.4, -0.2) is 110 Å². The number of aromatic nitrogens is 1. The summed E-state index contributed by atoms with van der Waals surface area (Å²) in [6, 6.07) is 24.1. The zero-order chi connectivity index (χ0) is 58.1. The van der Waals surface area contributed by atoms with Crippen molar-refractivity contribution in [3.05, 3.63) is 137 Å². The second kappa shape index (κ2) is 32.6. The van der Waals surface area contributed by atoms with Crippen molar-refractivity contribution >= 4 is 46.6 Å². The molecule has 2 unspecified atom stereocenters. The standard InChI is InChI=1S/C65H88N8O9/c1-6-46(3)49(7-2)44-58(51-28-32-66-33-29-51)69-48(5)65(30-34-67-35-31-65)72-53-18-15-17-52(43-53)62(76)68-47(4)50-22-24-54(25-23-50)82-38-14-9-8-12-36-79-39-41-81-42-40-80-37-13-10-11-21-60(74)70-57-20-16-19-55-56(57)45-73(64(55)78)59-26-27-61(75)71-63(59)77/h15-20,22-25,28-29,32-33,43-44,46-47,49,59,67,69,72H,5-14,21,26-27,30-31,34-42,45H2,1-4H3,(H,68,76)(H,70,74)(H,71,75,77)/b58-44-/t46?,47-,49+,59?/m1/s1. The van der Waals surface area contributed by atoms with Crippen LogP contribution in [0.15, 0.2) is 110 Å². The molecule has 82 heavy (non-hydrogen) atoms. The Bertz CT molecular complexity index is 2750. The Labute approximate surface area is 485 Å². The molecule has 4 aromatic rings. The molecule has 0 spiro atoms. The minimum atomic E-state index is -0.706. The fourth-order valence-electron chi connectivity index (χ4n) is 10.8. The largest absolute Gasteiger partial charge is 0.494 e. The van der Waals surface area contributed by atoms with Crippen LogP contribution in [0.2, 0.25) is 0 Å². The molecule has 3 aromatic carbocycles. The van der Waals surface area contributed by atoms with E-state index in [1.54, 1.807) is 18.2 Å². The van der Waals surface area contributed by atoms with Crippen molar-refractivity contribution in [1.29, 1.82) is 0 Å². The molecule has 0 radical (unpaired) electrons. The van der Waals surface area contributed by atoms with E-state index in [2.05, 4.69) is 70.3 Å². The number of hydrogen-bond donors (Lipinski definition) is 6. The first-order valence-electron chi connectivity index (χ1n) is 29.9. The summed E-state index contributed by atoms with van der Waals surface area (Å²) < 4.78 is 23.2. The third-order valence-corrected chi connectivity index (χ3v) is 16.0. The third-order valence-electron chi connectivity index (χ3n) is 16.0. The Kier molecular flexibility index (Phi) is 25.0. The molecule has 4 heterocycles. The van der Waals surface area contributed by atoms with Gasteiger partial charge in [-0.3, -0.25) is 34.3 Å². The highest BCUT2D eigenvalue weighted by Crippen LogP contribution is 2.35. The molecule has 442 valence electrons. The van der Waals surface area contributed by atoms with Gasteiger partial charge >= 0.3 is 0 Å². The predicted octanol–water partition coefficient (Wildman–Crippen LogP) is 10.3. The number of carbonyl (C=O) groups excluding carboxylic acids is 5. The van der Waals surface area contributed by atoms with E-state index in [1.165, 1.54) is 4.90 Å². The van der Waals surface area contributed by atoms with Gasteiger partial charge in [0.25, 0.3) is 11.8 Å². The summed E-state index contributed by atoms with van der Waals surface area (Å²) in [6.07, 6.45) is 17.0. The van der Waals surface area contributed by atoms with Crippen LogP contribution in [0.4, 0.5) is 11.4 Å². The van der Waals surface area contributed by atoms with Gasteiger partial charge in [0, 0.05) is 90.0 Å². The number of hydrogen-bond acceptors (Lipinski definition) is 13. The maximum atomic E-state index is 13.7. The van der Waals surface area contributed by atoms with E-state index in [-0.39, 0.29) is 49.1 Å². The van der Waals surface area contributed by atoms with Crippen LogP contribution in [0, 0.1) is 11.8 Å². The van der Waals surface area contributed by atoms with E-state index in [4.69, 9.17) is 18.9 Å². The van der Waals surface area contributed by atoms with E-state index in [0.29, 0.717) is 93.3 Å². The number of fused-ring (bicyclic) bond motifs is 1. The van der Waals surface area contributed by atoms with Crippen molar-refractivity contribution < 1.29 is 42.9 Å². The molecule has 1 aromatic heterocycles. The first-order valence-corrected chi connectivity index (χ1v) is 29.9. The molecule has 2 fully saturated rings. The van der Waals surface area contributed by atoms with Crippen molar-refractivity contribution in [2.45, 2.75) is 142 Å². The fraction of sp³-hybridized carbons (Fsp3) is 0.508. The Morgan fingerprint density at radius 2 is 1.46 bits per heavy atom. The van der Waals surface area contributed by atoms with Gasteiger partial charge in [0.2, 0.25) is 17.7 Å². The maximum Gasteiger partial charge on any atom is 0.255 e. The minimum absolute atomic E-state index is 0.133. The van der Waals surface area contributed by atoms with Crippen LogP contribution in [0.25, 0.3) is 5.70 Å². The monoisotopic (exact) mass is 1120 g/mol. The summed E-state index contributed by atoms with van der Waals surface area (Å²) in [7, 11) is 0. The molecule has 3 aliphatic heterocycles. The van der Waals surface area contributed by atoms with Crippen molar-refractivity contribution in [2.75, 3.05) is 70.0 Å². The molecule has 0 saturated carbocycles. The van der Waals surface area contributed by atoms with Crippen LogP contribution >= 0.6 is 0 Å². The van der Waals surface area contributed by atoms with Crippen molar-refractivity contribution in [3.8, 4) is 5.75 Å². The number of carbonyl (C=O) groups is 5.